The molecule has 0 radical (unpaired) electrons. The summed E-state index contributed by atoms with van der Waals surface area (Å²) in [6.45, 7) is 1.94. The quantitative estimate of drug-likeness (QED) is 0.396. The fourth-order valence-electron chi connectivity index (χ4n) is 4.89. The van der Waals surface area contributed by atoms with Crippen LogP contribution in [0.15, 0.2) is 36.8 Å². The van der Waals surface area contributed by atoms with E-state index in [-0.39, 0.29) is 19.1 Å². The van der Waals surface area contributed by atoms with Crippen LogP contribution in [-0.4, -0.2) is 80.8 Å². The molecule has 2 aliphatic heterocycles. The highest BCUT2D eigenvalue weighted by molar-refractivity contribution is 6.01. The zero-order valence-corrected chi connectivity index (χ0v) is 19.3. The summed E-state index contributed by atoms with van der Waals surface area (Å²) >= 11 is 0. The fourth-order valence-corrected chi connectivity index (χ4v) is 4.89. The van der Waals surface area contributed by atoms with Crippen molar-refractivity contribution in [3.05, 3.63) is 42.4 Å². The summed E-state index contributed by atoms with van der Waals surface area (Å²) < 4.78 is 14.6. The number of carbonyl (C=O) groups excluding carboxylic acids is 1. The predicted octanol–water partition coefficient (Wildman–Crippen LogP) is 1.63. The third kappa shape index (κ3) is 3.81. The molecule has 0 bridgehead atoms. The molecule has 0 aromatic carbocycles. The molecule has 0 unspecified atom stereocenters. The molecule has 0 spiro atoms. The number of ether oxygens (including phenoxy) is 2. The van der Waals surface area contributed by atoms with Gasteiger partial charge in [-0.3, -0.25) is 4.79 Å². The van der Waals surface area contributed by atoms with Gasteiger partial charge in [0.25, 0.3) is 5.91 Å². The number of hydrogen-bond acceptors (Lipinski definition) is 8. The maximum atomic E-state index is 13.1. The van der Waals surface area contributed by atoms with Crippen LogP contribution in [0.4, 0.5) is 5.82 Å². The molecular formula is C24H27N7O4. The van der Waals surface area contributed by atoms with E-state index < -0.39 is 12.1 Å². The minimum absolute atomic E-state index is 0.206. The zero-order chi connectivity index (χ0) is 23.9. The van der Waals surface area contributed by atoms with E-state index in [2.05, 4.69) is 31.5 Å². The lowest BCUT2D eigenvalue weighted by Crippen LogP contribution is -2.42. The summed E-state index contributed by atoms with van der Waals surface area (Å²) in [6, 6.07) is 5.73. The molecule has 0 saturated carbocycles. The molecule has 2 aliphatic rings. The Balaban J connectivity index is 1.45. The number of nitrogens with one attached hydrogen (secondary N) is 2. The van der Waals surface area contributed by atoms with Crippen molar-refractivity contribution in [1.82, 2.24) is 29.5 Å². The smallest absolute Gasteiger partial charge is 0.257 e. The van der Waals surface area contributed by atoms with Gasteiger partial charge in [0.05, 0.1) is 37.3 Å². The van der Waals surface area contributed by atoms with Gasteiger partial charge in [0.1, 0.15) is 17.0 Å². The number of hydrogen-bond donors (Lipinski definition) is 3. The number of carbonyl (C=O) groups is 1. The number of aliphatic hydroxyl groups excluding tert-OH is 1. The number of pyridine rings is 1. The first kappa shape index (κ1) is 22.0. The summed E-state index contributed by atoms with van der Waals surface area (Å²) in [6.07, 6.45) is 6.53. The van der Waals surface area contributed by atoms with Crippen LogP contribution in [0.3, 0.4) is 0 Å². The second-order valence-corrected chi connectivity index (χ2v) is 8.92. The van der Waals surface area contributed by atoms with Crippen LogP contribution in [0.1, 0.15) is 29.2 Å². The predicted molar refractivity (Wildman–Crippen MR) is 128 cm³/mol. The van der Waals surface area contributed by atoms with Gasteiger partial charge in [-0.25, -0.2) is 9.97 Å². The van der Waals surface area contributed by atoms with E-state index in [1.54, 1.807) is 17.8 Å². The molecule has 2 fully saturated rings. The largest absolute Gasteiger partial charge is 0.388 e. The molecule has 11 heteroatoms. The van der Waals surface area contributed by atoms with Crippen LogP contribution in [0.25, 0.3) is 27.9 Å². The van der Waals surface area contributed by atoms with Gasteiger partial charge < -0.3 is 29.8 Å². The van der Waals surface area contributed by atoms with E-state index in [9.17, 15) is 9.90 Å². The lowest BCUT2D eigenvalue weighted by atomic mass is 10.1. The minimum Gasteiger partial charge on any atom is -0.388 e. The average Bonchev–Trinajstić information content (AvgIpc) is 3.61. The first-order valence-corrected chi connectivity index (χ1v) is 11.8. The van der Waals surface area contributed by atoms with Crippen molar-refractivity contribution in [3.63, 3.8) is 0 Å². The van der Waals surface area contributed by atoms with Gasteiger partial charge in [-0.1, -0.05) is 0 Å². The topological polar surface area (TPSA) is 128 Å². The maximum absolute atomic E-state index is 13.1. The molecule has 11 nitrogen and oxygen atoms in total. The Kier molecular flexibility index (Phi) is 5.59. The Labute approximate surface area is 201 Å². The van der Waals surface area contributed by atoms with Crippen LogP contribution in [0.2, 0.25) is 0 Å². The Hall–Kier alpha value is -3.54. The van der Waals surface area contributed by atoms with Crippen LogP contribution in [0.5, 0.6) is 0 Å². The second kappa shape index (κ2) is 8.91. The standard InChI is InChI=1S/C24H27N7O4/c1-25-21-9-18(17-11-30(14-4-7-34-8-5-14)22-15(17)3-2-6-26-22)28-23-16(10-27-31(21)23)24(33)29-19-12-35-13-20(19)32/h2-3,6,9-11,14,19-20,25,32H,4-5,7-8,12-13H2,1H3,(H,29,33)/t19-,20+/m1/s1. The number of nitrogens with zero attached hydrogens (tertiary/aromatic N) is 5. The Morgan fingerprint density at radius 3 is 2.83 bits per heavy atom. The van der Waals surface area contributed by atoms with Crippen LogP contribution < -0.4 is 10.6 Å². The van der Waals surface area contributed by atoms with Crippen molar-refractivity contribution >= 4 is 28.4 Å². The number of fused-ring (bicyclic) bond motifs is 2. The molecule has 6 heterocycles. The molecule has 3 N–H and O–H groups in total. The third-order valence-electron chi connectivity index (χ3n) is 6.79. The SMILES string of the molecule is CNc1cc(-c2cn(C3CCOCC3)c3ncccc23)nc2c(C(=O)N[C@@H]3COC[C@@H]3O)cnn12. The molecule has 1 amide bonds. The van der Waals surface area contributed by atoms with Crippen LogP contribution in [0, 0.1) is 0 Å². The van der Waals surface area contributed by atoms with Crippen molar-refractivity contribution < 1.29 is 19.4 Å². The summed E-state index contributed by atoms with van der Waals surface area (Å²) in [4.78, 5) is 22.6. The van der Waals surface area contributed by atoms with Crippen molar-refractivity contribution in [2.75, 3.05) is 38.8 Å². The summed E-state index contributed by atoms with van der Waals surface area (Å²) in [5, 5.41) is 21.4. The fraction of sp³-hybridized carbons (Fsp3) is 0.417. The number of aromatic nitrogens is 5. The number of aliphatic hydroxyl groups is 1. The van der Waals surface area contributed by atoms with Gasteiger partial charge in [0.15, 0.2) is 5.65 Å². The third-order valence-corrected chi connectivity index (χ3v) is 6.79. The monoisotopic (exact) mass is 477 g/mol. The normalized spacial score (nSPS) is 21.1. The highest BCUT2D eigenvalue weighted by Crippen LogP contribution is 2.34. The van der Waals surface area contributed by atoms with E-state index in [1.807, 2.05) is 18.2 Å². The van der Waals surface area contributed by atoms with Gasteiger partial charge in [0, 0.05) is 55.7 Å². The van der Waals surface area contributed by atoms with E-state index in [1.165, 1.54) is 6.20 Å². The Morgan fingerprint density at radius 2 is 2.06 bits per heavy atom. The molecule has 182 valence electrons. The maximum Gasteiger partial charge on any atom is 0.257 e. The highest BCUT2D eigenvalue weighted by atomic mass is 16.5. The zero-order valence-electron chi connectivity index (χ0n) is 19.3. The first-order valence-electron chi connectivity index (χ1n) is 11.8. The number of amides is 1. The van der Waals surface area contributed by atoms with Gasteiger partial charge in [-0.05, 0) is 25.0 Å². The van der Waals surface area contributed by atoms with E-state index >= 15 is 0 Å². The van der Waals surface area contributed by atoms with E-state index in [0.717, 1.165) is 42.7 Å². The molecule has 2 atom stereocenters. The van der Waals surface area contributed by atoms with Crippen molar-refractivity contribution in [3.8, 4) is 11.3 Å². The van der Waals surface area contributed by atoms with Crippen LogP contribution in [-0.2, 0) is 9.47 Å². The van der Waals surface area contributed by atoms with Crippen molar-refractivity contribution in [2.45, 2.75) is 31.0 Å². The van der Waals surface area contributed by atoms with Gasteiger partial charge in [-0.2, -0.15) is 9.61 Å². The van der Waals surface area contributed by atoms with Gasteiger partial charge in [-0.15, -0.1) is 0 Å². The number of rotatable bonds is 5. The molecule has 0 aliphatic carbocycles. The average molecular weight is 478 g/mol. The molecule has 35 heavy (non-hydrogen) atoms. The number of anilines is 1. The Bertz CT molecular complexity index is 1390. The Morgan fingerprint density at radius 1 is 1.20 bits per heavy atom. The lowest BCUT2D eigenvalue weighted by molar-refractivity contribution is 0.0706. The van der Waals surface area contributed by atoms with Crippen molar-refractivity contribution in [1.29, 1.82) is 0 Å². The molecular weight excluding hydrogens is 450 g/mol. The molecule has 6 rings (SSSR count). The van der Waals surface area contributed by atoms with Gasteiger partial charge >= 0.3 is 0 Å². The van der Waals surface area contributed by atoms with E-state index in [0.29, 0.717) is 28.8 Å². The first-order chi connectivity index (χ1) is 17.1. The van der Waals surface area contributed by atoms with Crippen LogP contribution >= 0.6 is 0 Å². The molecule has 4 aromatic rings. The summed E-state index contributed by atoms with van der Waals surface area (Å²) in [5.41, 5.74) is 3.31. The van der Waals surface area contributed by atoms with Gasteiger partial charge in [0.2, 0.25) is 0 Å². The second-order valence-electron chi connectivity index (χ2n) is 8.92. The molecule has 4 aromatic heterocycles. The molecule has 2 saturated heterocycles. The summed E-state index contributed by atoms with van der Waals surface area (Å²) in [5.74, 6) is 0.344. The minimum atomic E-state index is -0.735. The van der Waals surface area contributed by atoms with E-state index in [4.69, 9.17) is 14.5 Å². The summed E-state index contributed by atoms with van der Waals surface area (Å²) in [7, 11) is 1.80. The van der Waals surface area contributed by atoms with Crippen molar-refractivity contribution in [2.24, 2.45) is 0 Å². The lowest BCUT2D eigenvalue weighted by Gasteiger charge is -2.24. The highest BCUT2D eigenvalue weighted by Gasteiger charge is 2.29.